The summed E-state index contributed by atoms with van der Waals surface area (Å²) in [5.74, 6) is 0.135. The fourth-order valence-electron chi connectivity index (χ4n) is 2.30. The van der Waals surface area contributed by atoms with Crippen molar-refractivity contribution < 1.29 is 24.4 Å². The van der Waals surface area contributed by atoms with Gasteiger partial charge in [-0.1, -0.05) is 0 Å². The highest BCUT2D eigenvalue weighted by Crippen LogP contribution is 2.31. The molecule has 1 fully saturated rings. The Balaban J connectivity index is 2.29. The van der Waals surface area contributed by atoms with Crippen LogP contribution in [0, 0.1) is 6.92 Å². The van der Waals surface area contributed by atoms with E-state index in [1.807, 2.05) is 0 Å². The molecule has 0 saturated carbocycles. The second-order valence-corrected chi connectivity index (χ2v) is 5.07. The molecule has 0 bridgehead atoms. The highest BCUT2D eigenvalue weighted by Gasteiger charge is 2.45. The smallest absolute Gasteiger partial charge is 0.351 e. The van der Waals surface area contributed by atoms with Gasteiger partial charge in [-0.3, -0.25) is 4.57 Å². The van der Waals surface area contributed by atoms with Crippen molar-refractivity contribution in [1.29, 1.82) is 0 Å². The zero-order chi connectivity index (χ0) is 16.3. The first kappa shape index (κ1) is 16.8. The van der Waals surface area contributed by atoms with Crippen molar-refractivity contribution in [2.24, 2.45) is 0 Å². The molecule has 22 heavy (non-hydrogen) atoms. The lowest BCUT2D eigenvalue weighted by molar-refractivity contribution is -0.0819. The second-order valence-electron chi connectivity index (χ2n) is 5.07. The summed E-state index contributed by atoms with van der Waals surface area (Å²) in [5, 5.41) is 19.5. The van der Waals surface area contributed by atoms with Gasteiger partial charge in [0.25, 0.3) is 0 Å². The normalized spacial score (nSPS) is 28.2. The summed E-state index contributed by atoms with van der Waals surface area (Å²) >= 11 is 0. The lowest BCUT2D eigenvalue weighted by Crippen LogP contribution is -2.39. The van der Waals surface area contributed by atoms with E-state index in [1.54, 1.807) is 6.92 Å². The summed E-state index contributed by atoms with van der Waals surface area (Å²) in [6.45, 7) is 1.85. The molecule has 4 N–H and O–H groups in total. The maximum absolute atomic E-state index is 12.0. The van der Waals surface area contributed by atoms with Crippen molar-refractivity contribution >= 4 is 5.82 Å². The Kier molecular flexibility index (Phi) is 5.48. The minimum absolute atomic E-state index is 0.135. The number of aromatic nitrogens is 2. The van der Waals surface area contributed by atoms with Gasteiger partial charge in [0, 0.05) is 18.9 Å². The number of nitrogens with zero attached hydrogens (tertiary/aromatic N) is 2. The van der Waals surface area contributed by atoms with Crippen molar-refractivity contribution in [2.75, 3.05) is 32.7 Å². The standard InChI is InChI=1S/C13H21N3O6/c1-7-5-16(13(19)15-11(7)14)12-10(21-4-3-20-2)9(18)8(6-17)22-12/h5,8-10,12,17-18H,3-4,6H2,1-2H3,(H2,14,15,19)/t8-,9+,10-,12+/m1/s1. The third kappa shape index (κ3) is 3.28. The van der Waals surface area contributed by atoms with Crippen LogP contribution in [0.4, 0.5) is 5.82 Å². The molecule has 0 aromatic carbocycles. The van der Waals surface area contributed by atoms with Crippen LogP contribution in [0.15, 0.2) is 11.0 Å². The fraction of sp³-hybridized carbons (Fsp3) is 0.692. The zero-order valence-electron chi connectivity index (χ0n) is 12.5. The average molecular weight is 315 g/mol. The molecular formula is C13H21N3O6. The number of ether oxygens (including phenoxy) is 3. The van der Waals surface area contributed by atoms with Gasteiger partial charge in [0.15, 0.2) is 6.23 Å². The third-order valence-electron chi connectivity index (χ3n) is 3.54. The van der Waals surface area contributed by atoms with E-state index in [0.29, 0.717) is 12.2 Å². The summed E-state index contributed by atoms with van der Waals surface area (Å²) in [5.41, 5.74) is 5.59. The number of aliphatic hydroxyl groups is 2. The Morgan fingerprint density at radius 3 is 2.86 bits per heavy atom. The quantitative estimate of drug-likeness (QED) is 0.536. The number of aryl methyl sites for hydroxylation is 1. The van der Waals surface area contributed by atoms with Crippen molar-refractivity contribution in [3.05, 3.63) is 22.2 Å². The SMILES string of the molecule is COCCO[C@@H]1[C@@H](O)[C@@H](CO)O[C@@H]1n1cc(C)c(N)nc1=O. The Hall–Kier alpha value is -1.52. The van der Waals surface area contributed by atoms with Gasteiger partial charge < -0.3 is 30.2 Å². The molecule has 1 aromatic rings. The molecule has 0 amide bonds. The number of hydrogen-bond acceptors (Lipinski definition) is 8. The van der Waals surface area contributed by atoms with Crippen LogP contribution in [-0.2, 0) is 14.2 Å². The Labute approximate surface area is 127 Å². The molecule has 2 rings (SSSR count). The minimum atomic E-state index is -1.07. The second kappa shape index (κ2) is 7.16. The first-order valence-electron chi connectivity index (χ1n) is 6.89. The molecular weight excluding hydrogens is 294 g/mol. The Morgan fingerprint density at radius 1 is 1.50 bits per heavy atom. The molecule has 1 aliphatic heterocycles. The van der Waals surface area contributed by atoms with Gasteiger partial charge in [0.1, 0.15) is 24.1 Å². The van der Waals surface area contributed by atoms with Gasteiger partial charge >= 0.3 is 5.69 Å². The van der Waals surface area contributed by atoms with Gasteiger partial charge in [-0.15, -0.1) is 0 Å². The first-order chi connectivity index (χ1) is 10.5. The van der Waals surface area contributed by atoms with Crippen LogP contribution >= 0.6 is 0 Å². The van der Waals surface area contributed by atoms with Crippen LogP contribution in [-0.4, -0.2) is 65.0 Å². The molecule has 0 unspecified atom stereocenters. The summed E-state index contributed by atoms with van der Waals surface area (Å²) in [6, 6.07) is 0. The van der Waals surface area contributed by atoms with Crippen LogP contribution in [0.1, 0.15) is 11.8 Å². The van der Waals surface area contributed by atoms with E-state index in [2.05, 4.69) is 4.98 Å². The summed E-state index contributed by atoms with van der Waals surface area (Å²) in [6.07, 6.45) is -2.15. The molecule has 1 aliphatic rings. The largest absolute Gasteiger partial charge is 0.394 e. The number of anilines is 1. The number of nitrogen functional groups attached to an aromatic ring is 1. The van der Waals surface area contributed by atoms with Gasteiger partial charge in [-0.25, -0.2) is 4.79 Å². The molecule has 0 radical (unpaired) electrons. The lowest BCUT2D eigenvalue weighted by Gasteiger charge is -2.22. The Bertz CT molecular complexity index is 563. The van der Waals surface area contributed by atoms with Gasteiger partial charge in [0.05, 0.1) is 19.8 Å². The minimum Gasteiger partial charge on any atom is -0.394 e. The fourth-order valence-corrected chi connectivity index (χ4v) is 2.30. The van der Waals surface area contributed by atoms with Gasteiger partial charge in [-0.2, -0.15) is 4.98 Å². The third-order valence-corrected chi connectivity index (χ3v) is 3.54. The van der Waals surface area contributed by atoms with Crippen LogP contribution in [0.3, 0.4) is 0 Å². The molecule has 0 spiro atoms. The van der Waals surface area contributed by atoms with E-state index in [-0.39, 0.29) is 12.4 Å². The maximum atomic E-state index is 12.0. The molecule has 4 atom stereocenters. The molecule has 1 aromatic heterocycles. The van der Waals surface area contributed by atoms with E-state index >= 15 is 0 Å². The Morgan fingerprint density at radius 2 is 2.23 bits per heavy atom. The average Bonchev–Trinajstić information content (AvgIpc) is 2.80. The lowest BCUT2D eigenvalue weighted by atomic mass is 10.1. The van der Waals surface area contributed by atoms with Crippen molar-refractivity contribution in [3.8, 4) is 0 Å². The van der Waals surface area contributed by atoms with Gasteiger partial charge in [-0.05, 0) is 6.92 Å². The predicted octanol–water partition coefficient (Wildman–Crippen LogP) is -1.58. The number of hydrogen-bond donors (Lipinski definition) is 3. The summed E-state index contributed by atoms with van der Waals surface area (Å²) in [7, 11) is 1.52. The van der Waals surface area contributed by atoms with Crippen LogP contribution in [0.5, 0.6) is 0 Å². The molecule has 9 nitrogen and oxygen atoms in total. The van der Waals surface area contributed by atoms with E-state index < -0.39 is 36.8 Å². The van der Waals surface area contributed by atoms with E-state index in [1.165, 1.54) is 17.9 Å². The molecule has 124 valence electrons. The van der Waals surface area contributed by atoms with E-state index in [0.717, 1.165) is 0 Å². The van der Waals surface area contributed by atoms with E-state index in [4.69, 9.17) is 19.9 Å². The van der Waals surface area contributed by atoms with Crippen LogP contribution in [0.25, 0.3) is 0 Å². The molecule has 1 saturated heterocycles. The zero-order valence-corrected chi connectivity index (χ0v) is 12.5. The number of nitrogens with two attached hydrogens (primary N) is 1. The highest BCUT2D eigenvalue weighted by molar-refractivity contribution is 5.35. The molecule has 2 heterocycles. The number of aliphatic hydroxyl groups excluding tert-OH is 2. The first-order valence-corrected chi connectivity index (χ1v) is 6.89. The maximum Gasteiger partial charge on any atom is 0.351 e. The topological polar surface area (TPSA) is 129 Å². The predicted molar refractivity (Wildman–Crippen MR) is 76.3 cm³/mol. The monoisotopic (exact) mass is 315 g/mol. The van der Waals surface area contributed by atoms with E-state index in [9.17, 15) is 15.0 Å². The number of rotatable bonds is 6. The summed E-state index contributed by atoms with van der Waals surface area (Å²) in [4.78, 5) is 15.7. The van der Waals surface area contributed by atoms with Crippen LogP contribution in [0.2, 0.25) is 0 Å². The highest BCUT2D eigenvalue weighted by atomic mass is 16.6. The molecule has 9 heteroatoms. The van der Waals surface area contributed by atoms with Crippen molar-refractivity contribution in [2.45, 2.75) is 31.5 Å². The number of methoxy groups -OCH3 is 1. The van der Waals surface area contributed by atoms with Crippen LogP contribution < -0.4 is 11.4 Å². The van der Waals surface area contributed by atoms with Crippen molar-refractivity contribution in [1.82, 2.24) is 9.55 Å². The molecule has 0 aliphatic carbocycles. The van der Waals surface area contributed by atoms with Gasteiger partial charge in [0.2, 0.25) is 0 Å². The summed E-state index contributed by atoms with van der Waals surface area (Å²) < 4.78 is 17.2. The van der Waals surface area contributed by atoms with Crippen molar-refractivity contribution in [3.63, 3.8) is 0 Å².